The van der Waals surface area contributed by atoms with Gasteiger partial charge in [0.15, 0.2) is 0 Å². The molecule has 0 unspecified atom stereocenters. The number of likely N-dealkylation sites (N-methyl/N-ethyl adjacent to an activating group) is 1. The Labute approximate surface area is 197 Å². The van der Waals surface area contributed by atoms with Crippen LogP contribution in [-0.4, -0.2) is 69.3 Å². The van der Waals surface area contributed by atoms with E-state index >= 15 is 0 Å². The maximum Gasteiger partial charge on any atom is 0.474 e. The highest BCUT2D eigenvalue weighted by Crippen LogP contribution is 2.49. The summed E-state index contributed by atoms with van der Waals surface area (Å²) in [5, 5.41) is 0. The zero-order chi connectivity index (χ0) is 23.5. The number of phosphoric acid groups is 1. The Morgan fingerprint density at radius 2 is 1.31 bits per heavy atom. The minimum absolute atomic E-state index is 0.130. The number of hydrogen-bond donors (Lipinski definition) is 0. The van der Waals surface area contributed by atoms with E-state index in [1.807, 2.05) is 19.0 Å². The average molecular weight is 477 g/mol. The molecule has 0 aromatic rings. The van der Waals surface area contributed by atoms with E-state index < -0.39 is 7.82 Å². The molecule has 0 bridgehead atoms. The van der Waals surface area contributed by atoms with Gasteiger partial charge in [0.25, 0.3) is 0 Å². The number of carbonyl (C=O) groups excluding carboxylic acids is 1. The summed E-state index contributed by atoms with van der Waals surface area (Å²) in [5.41, 5.74) is 0. The molecular weight excluding hydrogens is 427 g/mol. The van der Waals surface area contributed by atoms with Crippen LogP contribution in [0.3, 0.4) is 0 Å². The number of rotatable bonds is 18. The number of phosphoric ester groups is 1. The van der Waals surface area contributed by atoms with E-state index in [1.165, 1.54) is 70.6 Å². The molecule has 1 amide bonds. The van der Waals surface area contributed by atoms with Gasteiger partial charge < -0.3 is 9.80 Å². The van der Waals surface area contributed by atoms with E-state index in [-0.39, 0.29) is 25.7 Å². The normalized spacial score (nSPS) is 16.8. The lowest BCUT2D eigenvalue weighted by atomic mass is 10.0. The third-order valence-corrected chi connectivity index (χ3v) is 7.35. The van der Waals surface area contributed by atoms with Crippen LogP contribution < -0.4 is 0 Å². The van der Waals surface area contributed by atoms with E-state index in [2.05, 4.69) is 6.92 Å². The fourth-order valence-corrected chi connectivity index (χ4v) is 4.93. The first-order valence-corrected chi connectivity index (χ1v) is 14.4. The molecule has 7 nitrogen and oxygen atoms in total. The smallest absolute Gasteiger partial charge is 0.338 e. The molecule has 0 aliphatic carbocycles. The Morgan fingerprint density at radius 3 is 1.78 bits per heavy atom. The molecule has 1 fully saturated rings. The van der Waals surface area contributed by atoms with Gasteiger partial charge in [0, 0.05) is 26.1 Å². The number of nitrogens with zero attached hydrogens (tertiary/aromatic N) is 2. The van der Waals surface area contributed by atoms with Crippen molar-refractivity contribution in [3.8, 4) is 0 Å². The zero-order valence-corrected chi connectivity index (χ0v) is 21.9. The van der Waals surface area contributed by atoms with Gasteiger partial charge in [0.2, 0.25) is 5.91 Å². The van der Waals surface area contributed by atoms with E-state index in [0.717, 1.165) is 12.8 Å². The molecule has 0 saturated carbocycles. The third kappa shape index (κ3) is 15.4. The molecule has 0 aromatic heterocycles. The molecule has 1 heterocycles. The van der Waals surface area contributed by atoms with Crippen LogP contribution in [0.1, 0.15) is 96.8 Å². The summed E-state index contributed by atoms with van der Waals surface area (Å²) in [6, 6.07) is 0. The molecule has 0 N–H and O–H groups in total. The van der Waals surface area contributed by atoms with E-state index in [9.17, 15) is 9.36 Å². The highest BCUT2D eigenvalue weighted by Gasteiger charge is 2.29. The summed E-state index contributed by atoms with van der Waals surface area (Å²) in [6.07, 6.45) is 17.4. The van der Waals surface area contributed by atoms with Gasteiger partial charge in [-0.3, -0.25) is 18.4 Å². The maximum absolute atomic E-state index is 12.5. The predicted octanol–water partition coefficient (Wildman–Crippen LogP) is 6.03. The van der Waals surface area contributed by atoms with Crippen LogP contribution in [0.5, 0.6) is 0 Å². The number of unbranched alkanes of at least 4 members (excludes halogenated alkanes) is 12. The van der Waals surface area contributed by atoms with Crippen LogP contribution in [0, 0.1) is 0 Å². The monoisotopic (exact) mass is 476 g/mol. The van der Waals surface area contributed by atoms with Crippen molar-refractivity contribution in [2.24, 2.45) is 0 Å². The molecule has 190 valence electrons. The van der Waals surface area contributed by atoms with Crippen molar-refractivity contribution in [3.63, 3.8) is 0 Å². The van der Waals surface area contributed by atoms with Crippen molar-refractivity contribution >= 4 is 13.7 Å². The third-order valence-electron chi connectivity index (χ3n) is 5.86. The van der Waals surface area contributed by atoms with Crippen molar-refractivity contribution in [1.29, 1.82) is 0 Å². The molecule has 32 heavy (non-hydrogen) atoms. The Hall–Kier alpha value is -0.460. The van der Waals surface area contributed by atoms with Gasteiger partial charge in [-0.2, -0.15) is 0 Å². The van der Waals surface area contributed by atoms with Crippen LogP contribution in [0.15, 0.2) is 0 Å². The van der Waals surface area contributed by atoms with Crippen LogP contribution in [0.25, 0.3) is 0 Å². The molecule has 0 aromatic carbocycles. The highest BCUT2D eigenvalue weighted by molar-refractivity contribution is 7.48. The Kier molecular flexibility index (Phi) is 17.5. The second-order valence-corrected chi connectivity index (χ2v) is 10.8. The molecular formula is C24H49N2O5P. The summed E-state index contributed by atoms with van der Waals surface area (Å²) >= 11 is 0. The predicted molar refractivity (Wildman–Crippen MR) is 131 cm³/mol. The molecule has 0 radical (unpaired) electrons. The summed E-state index contributed by atoms with van der Waals surface area (Å²) in [5.74, 6) is 0.130. The number of amides is 1. The highest BCUT2D eigenvalue weighted by atomic mass is 31.2. The van der Waals surface area contributed by atoms with Gasteiger partial charge in [-0.05, 0) is 20.5 Å². The molecule has 0 spiro atoms. The molecule has 1 saturated heterocycles. The lowest BCUT2D eigenvalue weighted by Gasteiger charge is -2.28. The Morgan fingerprint density at radius 1 is 0.844 bits per heavy atom. The molecule has 0 atom stereocenters. The Balaban J connectivity index is 2.02. The van der Waals surface area contributed by atoms with Gasteiger partial charge >= 0.3 is 7.82 Å². The quantitative estimate of drug-likeness (QED) is 0.178. The second-order valence-electron chi connectivity index (χ2n) is 9.12. The van der Waals surface area contributed by atoms with Gasteiger partial charge in [-0.1, -0.05) is 84.0 Å². The summed E-state index contributed by atoms with van der Waals surface area (Å²) in [4.78, 5) is 16.2. The largest absolute Gasteiger partial charge is 0.474 e. The molecule has 1 aliphatic heterocycles. The second kappa shape index (κ2) is 18.9. The summed E-state index contributed by atoms with van der Waals surface area (Å²) in [6.45, 7) is 4.39. The van der Waals surface area contributed by atoms with Crippen molar-refractivity contribution < 1.29 is 22.9 Å². The molecule has 8 heteroatoms. The topological polar surface area (TPSA) is 68.3 Å². The SMILES string of the molecule is CCCCCCCCCCCCCCCC(=O)N1CCOP(=O)(OCCN(C)C)OCC1. The van der Waals surface area contributed by atoms with E-state index in [0.29, 0.717) is 26.1 Å². The first kappa shape index (κ1) is 29.6. The van der Waals surface area contributed by atoms with Gasteiger partial charge in [0.05, 0.1) is 19.8 Å². The van der Waals surface area contributed by atoms with Crippen LogP contribution in [0.4, 0.5) is 0 Å². The zero-order valence-electron chi connectivity index (χ0n) is 21.0. The first-order chi connectivity index (χ1) is 15.5. The number of hydrogen-bond acceptors (Lipinski definition) is 6. The van der Waals surface area contributed by atoms with E-state index in [4.69, 9.17) is 13.6 Å². The van der Waals surface area contributed by atoms with Gasteiger partial charge in [0.1, 0.15) is 0 Å². The van der Waals surface area contributed by atoms with Crippen molar-refractivity contribution in [3.05, 3.63) is 0 Å². The lowest BCUT2D eigenvalue weighted by molar-refractivity contribution is -0.132. The fraction of sp³-hybridized carbons (Fsp3) is 0.958. The summed E-state index contributed by atoms with van der Waals surface area (Å²) in [7, 11) is 0.320. The van der Waals surface area contributed by atoms with Crippen LogP contribution in [-0.2, 0) is 22.9 Å². The van der Waals surface area contributed by atoms with Gasteiger partial charge in [-0.25, -0.2) is 4.57 Å². The van der Waals surface area contributed by atoms with E-state index in [1.54, 1.807) is 4.90 Å². The van der Waals surface area contributed by atoms with Crippen molar-refractivity contribution in [1.82, 2.24) is 9.80 Å². The first-order valence-electron chi connectivity index (χ1n) is 12.9. The fourth-order valence-electron chi connectivity index (χ4n) is 3.79. The molecule has 1 rings (SSSR count). The van der Waals surface area contributed by atoms with Crippen LogP contribution >= 0.6 is 7.82 Å². The average Bonchev–Trinajstić information content (AvgIpc) is 2.74. The maximum atomic E-state index is 12.5. The summed E-state index contributed by atoms with van der Waals surface area (Å²) < 4.78 is 28.5. The van der Waals surface area contributed by atoms with Gasteiger partial charge in [-0.15, -0.1) is 0 Å². The standard InChI is InChI=1S/C24H49N2O5P/c1-4-5-6-7-8-9-10-11-12-13-14-15-16-17-24(27)26-19-22-30-32(28,31-23-20-26)29-21-18-25(2)3/h4-23H2,1-3H3. The van der Waals surface area contributed by atoms with Crippen molar-refractivity contribution in [2.45, 2.75) is 96.8 Å². The van der Waals surface area contributed by atoms with Crippen LogP contribution in [0.2, 0.25) is 0 Å². The minimum atomic E-state index is -3.51. The number of carbonyl (C=O) groups is 1. The molecule has 1 aliphatic rings. The van der Waals surface area contributed by atoms with Crippen molar-refractivity contribution in [2.75, 3.05) is 53.6 Å². The Bertz CT molecular complexity index is 505. The lowest BCUT2D eigenvalue weighted by Crippen LogP contribution is -2.37. The minimum Gasteiger partial charge on any atom is -0.338 e.